The lowest BCUT2D eigenvalue weighted by molar-refractivity contribution is 0.398. The van der Waals surface area contributed by atoms with Crippen LogP contribution in [0.25, 0.3) is 11.3 Å². The first-order valence-corrected chi connectivity index (χ1v) is 5.01. The van der Waals surface area contributed by atoms with Crippen LogP contribution in [-0.4, -0.2) is 22.1 Å². The van der Waals surface area contributed by atoms with Gasteiger partial charge in [-0.1, -0.05) is 0 Å². The summed E-state index contributed by atoms with van der Waals surface area (Å²) in [6, 6.07) is 3.77. The molecule has 0 saturated heterocycles. The second-order valence-corrected chi connectivity index (χ2v) is 3.54. The van der Waals surface area contributed by atoms with E-state index in [-0.39, 0.29) is 0 Å². The Balaban J connectivity index is 2.45. The maximum absolute atomic E-state index is 5.02. The SMILES string of the molecule is COc1ccc(-c2nc(C)ncc2C)cn1. The minimum absolute atomic E-state index is 0.604. The van der Waals surface area contributed by atoms with E-state index in [2.05, 4.69) is 15.0 Å². The van der Waals surface area contributed by atoms with E-state index >= 15 is 0 Å². The van der Waals surface area contributed by atoms with E-state index in [1.165, 1.54) is 0 Å². The molecule has 0 saturated carbocycles. The lowest BCUT2D eigenvalue weighted by Gasteiger charge is -2.05. The van der Waals surface area contributed by atoms with Crippen LogP contribution < -0.4 is 4.74 Å². The second-order valence-electron chi connectivity index (χ2n) is 3.54. The largest absolute Gasteiger partial charge is 0.481 e. The molecule has 0 aliphatic rings. The summed E-state index contributed by atoms with van der Waals surface area (Å²) in [6.45, 7) is 3.86. The summed E-state index contributed by atoms with van der Waals surface area (Å²) in [7, 11) is 1.60. The zero-order valence-electron chi connectivity index (χ0n) is 9.56. The molecule has 0 aliphatic heterocycles. The van der Waals surface area contributed by atoms with Crippen molar-refractivity contribution in [2.45, 2.75) is 13.8 Å². The van der Waals surface area contributed by atoms with Crippen LogP contribution in [0.3, 0.4) is 0 Å². The zero-order valence-corrected chi connectivity index (χ0v) is 9.56. The van der Waals surface area contributed by atoms with Gasteiger partial charge in [-0.05, 0) is 25.5 Å². The van der Waals surface area contributed by atoms with Crippen LogP contribution >= 0.6 is 0 Å². The second kappa shape index (κ2) is 4.26. The first kappa shape index (κ1) is 10.5. The van der Waals surface area contributed by atoms with Gasteiger partial charge in [0, 0.05) is 24.0 Å². The quantitative estimate of drug-likeness (QED) is 0.770. The van der Waals surface area contributed by atoms with Gasteiger partial charge < -0.3 is 4.74 Å². The Hall–Kier alpha value is -1.97. The van der Waals surface area contributed by atoms with Gasteiger partial charge in [-0.15, -0.1) is 0 Å². The van der Waals surface area contributed by atoms with E-state index < -0.39 is 0 Å². The van der Waals surface area contributed by atoms with E-state index in [1.807, 2.05) is 32.2 Å². The molecule has 0 atom stereocenters. The Morgan fingerprint density at radius 1 is 1.06 bits per heavy atom. The fourth-order valence-corrected chi connectivity index (χ4v) is 1.46. The molecule has 0 unspecified atom stereocenters. The molecule has 82 valence electrons. The number of rotatable bonds is 2. The topological polar surface area (TPSA) is 47.9 Å². The van der Waals surface area contributed by atoms with E-state index in [9.17, 15) is 0 Å². The average Bonchev–Trinajstić information content (AvgIpc) is 2.32. The number of hydrogen-bond donors (Lipinski definition) is 0. The van der Waals surface area contributed by atoms with Crippen molar-refractivity contribution in [3.8, 4) is 17.1 Å². The Morgan fingerprint density at radius 2 is 1.88 bits per heavy atom. The Kier molecular flexibility index (Phi) is 2.81. The maximum atomic E-state index is 5.02. The van der Waals surface area contributed by atoms with Crippen molar-refractivity contribution in [2.75, 3.05) is 7.11 Å². The molecule has 16 heavy (non-hydrogen) atoms. The maximum Gasteiger partial charge on any atom is 0.212 e. The summed E-state index contributed by atoms with van der Waals surface area (Å²) in [4.78, 5) is 12.7. The highest BCUT2D eigenvalue weighted by molar-refractivity contribution is 5.61. The van der Waals surface area contributed by atoms with E-state index in [4.69, 9.17) is 4.74 Å². The predicted molar refractivity (Wildman–Crippen MR) is 61.3 cm³/mol. The van der Waals surface area contributed by atoms with Crippen LogP contribution in [0, 0.1) is 13.8 Å². The van der Waals surface area contributed by atoms with Crippen LogP contribution in [0.4, 0.5) is 0 Å². The van der Waals surface area contributed by atoms with Gasteiger partial charge in [0.15, 0.2) is 0 Å². The number of nitrogens with zero attached hydrogens (tertiary/aromatic N) is 3. The molecular formula is C12H13N3O. The van der Waals surface area contributed by atoms with Gasteiger partial charge in [-0.25, -0.2) is 15.0 Å². The fourth-order valence-electron chi connectivity index (χ4n) is 1.46. The highest BCUT2D eigenvalue weighted by Crippen LogP contribution is 2.21. The van der Waals surface area contributed by atoms with Crippen molar-refractivity contribution in [1.82, 2.24) is 15.0 Å². The third-order valence-electron chi connectivity index (χ3n) is 2.31. The Bertz CT molecular complexity index is 494. The number of aromatic nitrogens is 3. The van der Waals surface area contributed by atoms with Crippen LogP contribution in [0.2, 0.25) is 0 Å². The minimum Gasteiger partial charge on any atom is -0.481 e. The van der Waals surface area contributed by atoms with Gasteiger partial charge in [0.25, 0.3) is 0 Å². The number of aryl methyl sites for hydroxylation is 2. The standard InChI is InChI=1S/C12H13N3O/c1-8-6-13-9(2)15-12(8)10-4-5-11(16-3)14-7-10/h4-7H,1-3H3. The zero-order chi connectivity index (χ0) is 11.5. The Labute approximate surface area is 94.4 Å². The van der Waals surface area contributed by atoms with E-state index in [0.717, 1.165) is 22.6 Å². The number of ether oxygens (including phenoxy) is 1. The van der Waals surface area contributed by atoms with Crippen molar-refractivity contribution in [2.24, 2.45) is 0 Å². The molecule has 0 amide bonds. The number of methoxy groups -OCH3 is 1. The highest BCUT2D eigenvalue weighted by Gasteiger charge is 2.05. The predicted octanol–water partition coefficient (Wildman–Crippen LogP) is 2.16. The van der Waals surface area contributed by atoms with Gasteiger partial charge in [0.05, 0.1) is 12.8 Å². The minimum atomic E-state index is 0.604. The van der Waals surface area contributed by atoms with E-state index in [1.54, 1.807) is 13.3 Å². The van der Waals surface area contributed by atoms with Gasteiger partial charge >= 0.3 is 0 Å². The first-order chi connectivity index (χ1) is 7.70. The highest BCUT2D eigenvalue weighted by atomic mass is 16.5. The van der Waals surface area contributed by atoms with Gasteiger partial charge in [0.2, 0.25) is 5.88 Å². The van der Waals surface area contributed by atoms with Crippen LogP contribution in [0.15, 0.2) is 24.5 Å². The molecule has 2 aromatic heterocycles. The number of hydrogen-bond acceptors (Lipinski definition) is 4. The van der Waals surface area contributed by atoms with Crippen molar-refractivity contribution in [1.29, 1.82) is 0 Å². The lowest BCUT2D eigenvalue weighted by atomic mass is 10.1. The number of pyridine rings is 1. The molecule has 0 N–H and O–H groups in total. The van der Waals surface area contributed by atoms with Gasteiger partial charge in [-0.2, -0.15) is 0 Å². The molecule has 0 bridgehead atoms. The fraction of sp³-hybridized carbons (Fsp3) is 0.250. The Morgan fingerprint density at radius 3 is 2.50 bits per heavy atom. The van der Waals surface area contributed by atoms with E-state index in [0.29, 0.717) is 5.88 Å². The van der Waals surface area contributed by atoms with Crippen LogP contribution in [0.1, 0.15) is 11.4 Å². The van der Waals surface area contributed by atoms with Crippen LogP contribution in [0.5, 0.6) is 5.88 Å². The summed E-state index contributed by atoms with van der Waals surface area (Å²) >= 11 is 0. The van der Waals surface area contributed by atoms with Crippen molar-refractivity contribution >= 4 is 0 Å². The lowest BCUT2D eigenvalue weighted by Crippen LogP contribution is -1.95. The summed E-state index contributed by atoms with van der Waals surface area (Å²) in [6.07, 6.45) is 3.58. The van der Waals surface area contributed by atoms with Gasteiger partial charge in [-0.3, -0.25) is 0 Å². The van der Waals surface area contributed by atoms with Gasteiger partial charge in [0.1, 0.15) is 5.82 Å². The van der Waals surface area contributed by atoms with Crippen molar-refractivity contribution < 1.29 is 4.74 Å². The molecule has 0 spiro atoms. The molecule has 2 heterocycles. The van der Waals surface area contributed by atoms with Crippen LogP contribution in [-0.2, 0) is 0 Å². The molecule has 2 rings (SSSR count). The average molecular weight is 215 g/mol. The molecule has 0 aliphatic carbocycles. The molecule has 0 aromatic carbocycles. The summed E-state index contributed by atoms with van der Waals surface area (Å²) in [5.41, 5.74) is 2.93. The first-order valence-electron chi connectivity index (χ1n) is 5.01. The summed E-state index contributed by atoms with van der Waals surface area (Å²) < 4.78 is 5.02. The third kappa shape index (κ3) is 2.00. The summed E-state index contributed by atoms with van der Waals surface area (Å²) in [5.74, 6) is 1.36. The molecule has 0 radical (unpaired) electrons. The summed E-state index contributed by atoms with van der Waals surface area (Å²) in [5, 5.41) is 0. The molecular weight excluding hydrogens is 202 g/mol. The van der Waals surface area contributed by atoms with Crippen molar-refractivity contribution in [3.05, 3.63) is 35.9 Å². The monoisotopic (exact) mass is 215 g/mol. The molecule has 0 fully saturated rings. The normalized spacial score (nSPS) is 10.2. The van der Waals surface area contributed by atoms with Crippen molar-refractivity contribution in [3.63, 3.8) is 0 Å². The smallest absolute Gasteiger partial charge is 0.212 e. The molecule has 4 nitrogen and oxygen atoms in total. The third-order valence-corrected chi connectivity index (χ3v) is 2.31. The molecule has 2 aromatic rings. The molecule has 4 heteroatoms.